The van der Waals surface area contributed by atoms with Crippen molar-refractivity contribution in [3.8, 4) is 0 Å². The van der Waals surface area contributed by atoms with E-state index in [0.717, 1.165) is 35.5 Å². The standard InChI is InChI=1S/C17H26N2OS/c1-5-8-9-10-13(6-2)15-11-21-17-18-12(4)14(7-3)16(20)19(15)17/h11,13H,5-10H2,1-4H3. The van der Waals surface area contributed by atoms with Gasteiger partial charge in [0.15, 0.2) is 4.96 Å². The highest BCUT2D eigenvalue weighted by molar-refractivity contribution is 7.15. The van der Waals surface area contributed by atoms with Crippen LogP contribution in [0.25, 0.3) is 4.96 Å². The van der Waals surface area contributed by atoms with E-state index < -0.39 is 0 Å². The van der Waals surface area contributed by atoms with Crippen molar-refractivity contribution in [1.82, 2.24) is 9.38 Å². The zero-order valence-corrected chi connectivity index (χ0v) is 14.4. The van der Waals surface area contributed by atoms with Crippen LogP contribution >= 0.6 is 11.3 Å². The molecule has 0 bridgehead atoms. The van der Waals surface area contributed by atoms with Gasteiger partial charge in [0.2, 0.25) is 0 Å². The monoisotopic (exact) mass is 306 g/mol. The predicted molar refractivity (Wildman–Crippen MR) is 90.6 cm³/mol. The molecule has 4 heteroatoms. The smallest absolute Gasteiger partial charge is 0.262 e. The van der Waals surface area contributed by atoms with Crippen LogP contribution in [0.1, 0.15) is 75.7 Å². The van der Waals surface area contributed by atoms with Gasteiger partial charge >= 0.3 is 0 Å². The first-order valence-corrected chi connectivity index (χ1v) is 9.01. The molecule has 0 radical (unpaired) electrons. The van der Waals surface area contributed by atoms with Crippen molar-refractivity contribution in [2.75, 3.05) is 0 Å². The Morgan fingerprint density at radius 1 is 1.29 bits per heavy atom. The molecule has 0 aliphatic rings. The van der Waals surface area contributed by atoms with Gasteiger partial charge in [-0.1, -0.05) is 40.0 Å². The van der Waals surface area contributed by atoms with Gasteiger partial charge in [-0.2, -0.15) is 0 Å². The molecule has 3 nitrogen and oxygen atoms in total. The van der Waals surface area contributed by atoms with Crippen molar-refractivity contribution in [2.45, 2.75) is 72.1 Å². The highest BCUT2D eigenvalue weighted by Crippen LogP contribution is 2.28. The Bertz CT molecular complexity index is 657. The molecule has 2 aromatic heterocycles. The molecule has 0 spiro atoms. The lowest BCUT2D eigenvalue weighted by Gasteiger charge is -2.15. The SMILES string of the molecule is CCCCCC(CC)c1csc2nc(C)c(CC)c(=O)n12. The summed E-state index contributed by atoms with van der Waals surface area (Å²) in [6.45, 7) is 8.42. The number of fused-ring (bicyclic) bond motifs is 1. The van der Waals surface area contributed by atoms with E-state index >= 15 is 0 Å². The first-order valence-electron chi connectivity index (χ1n) is 8.13. The molecule has 0 fully saturated rings. The largest absolute Gasteiger partial charge is 0.269 e. The van der Waals surface area contributed by atoms with Crippen molar-refractivity contribution in [3.05, 3.63) is 32.7 Å². The van der Waals surface area contributed by atoms with Gasteiger partial charge in [0.25, 0.3) is 5.56 Å². The van der Waals surface area contributed by atoms with Crippen molar-refractivity contribution in [2.24, 2.45) is 0 Å². The van der Waals surface area contributed by atoms with E-state index in [1.165, 1.54) is 25.0 Å². The van der Waals surface area contributed by atoms with Crippen LogP contribution in [-0.2, 0) is 6.42 Å². The van der Waals surface area contributed by atoms with Crippen LogP contribution in [0.15, 0.2) is 10.2 Å². The Labute approximate surface area is 131 Å². The van der Waals surface area contributed by atoms with E-state index in [-0.39, 0.29) is 5.56 Å². The van der Waals surface area contributed by atoms with Crippen LogP contribution < -0.4 is 5.56 Å². The summed E-state index contributed by atoms with van der Waals surface area (Å²) in [5, 5.41) is 2.14. The third kappa shape index (κ3) is 3.20. The number of hydrogen-bond donors (Lipinski definition) is 0. The first kappa shape index (κ1) is 16.2. The van der Waals surface area contributed by atoms with Crippen molar-refractivity contribution >= 4 is 16.3 Å². The average Bonchev–Trinajstić information content (AvgIpc) is 2.88. The van der Waals surface area contributed by atoms with Gasteiger partial charge < -0.3 is 0 Å². The Balaban J connectivity index is 2.46. The zero-order valence-electron chi connectivity index (χ0n) is 13.6. The molecular weight excluding hydrogens is 280 g/mol. The molecule has 2 aromatic rings. The fourth-order valence-corrected chi connectivity index (χ4v) is 4.01. The Morgan fingerprint density at radius 2 is 2.05 bits per heavy atom. The molecule has 0 aliphatic carbocycles. The molecule has 0 aliphatic heterocycles. The van der Waals surface area contributed by atoms with Gasteiger partial charge in [-0.3, -0.25) is 9.20 Å². The van der Waals surface area contributed by atoms with E-state index in [0.29, 0.717) is 5.92 Å². The zero-order chi connectivity index (χ0) is 15.4. The van der Waals surface area contributed by atoms with E-state index in [9.17, 15) is 4.79 Å². The summed E-state index contributed by atoms with van der Waals surface area (Å²) in [7, 11) is 0. The van der Waals surface area contributed by atoms with Gasteiger partial charge in [-0.15, -0.1) is 11.3 Å². The van der Waals surface area contributed by atoms with E-state index in [2.05, 4.69) is 24.2 Å². The number of nitrogens with zero attached hydrogens (tertiary/aromatic N) is 2. The van der Waals surface area contributed by atoms with Crippen molar-refractivity contribution in [3.63, 3.8) is 0 Å². The minimum Gasteiger partial charge on any atom is -0.269 e. The summed E-state index contributed by atoms with van der Waals surface area (Å²) >= 11 is 1.60. The summed E-state index contributed by atoms with van der Waals surface area (Å²) < 4.78 is 1.87. The van der Waals surface area contributed by atoms with Gasteiger partial charge in [0, 0.05) is 28.2 Å². The number of rotatable bonds is 7. The topological polar surface area (TPSA) is 34.4 Å². The van der Waals surface area contributed by atoms with E-state index in [1.807, 2.05) is 18.2 Å². The first-order chi connectivity index (χ1) is 10.1. The fraction of sp³-hybridized carbons (Fsp3) is 0.647. The van der Waals surface area contributed by atoms with Crippen LogP contribution in [0.4, 0.5) is 0 Å². The Morgan fingerprint density at radius 3 is 2.67 bits per heavy atom. The number of hydrogen-bond acceptors (Lipinski definition) is 3. The lowest BCUT2D eigenvalue weighted by atomic mass is 9.96. The maximum absolute atomic E-state index is 12.7. The Kier molecular flexibility index (Phi) is 5.57. The van der Waals surface area contributed by atoms with Crippen LogP contribution in [0.3, 0.4) is 0 Å². The Hall–Kier alpha value is -1.16. The van der Waals surface area contributed by atoms with Gasteiger partial charge in [0.05, 0.1) is 0 Å². The molecule has 21 heavy (non-hydrogen) atoms. The van der Waals surface area contributed by atoms with Gasteiger partial charge in [-0.25, -0.2) is 4.98 Å². The minimum atomic E-state index is 0.144. The maximum Gasteiger partial charge on any atom is 0.262 e. The minimum absolute atomic E-state index is 0.144. The number of thiazole rings is 1. The second-order valence-electron chi connectivity index (χ2n) is 5.71. The normalized spacial score (nSPS) is 13.0. The molecule has 1 unspecified atom stereocenters. The second-order valence-corrected chi connectivity index (χ2v) is 6.55. The molecule has 1 atom stereocenters. The van der Waals surface area contributed by atoms with Crippen molar-refractivity contribution < 1.29 is 0 Å². The van der Waals surface area contributed by atoms with Gasteiger partial charge in [0.1, 0.15) is 0 Å². The lowest BCUT2D eigenvalue weighted by molar-refractivity contribution is 0.538. The van der Waals surface area contributed by atoms with Crippen LogP contribution in [-0.4, -0.2) is 9.38 Å². The molecule has 0 saturated carbocycles. The quantitative estimate of drug-likeness (QED) is 0.695. The summed E-state index contributed by atoms with van der Waals surface area (Å²) in [5.74, 6) is 0.470. The molecule has 116 valence electrons. The summed E-state index contributed by atoms with van der Waals surface area (Å²) in [4.78, 5) is 18.2. The van der Waals surface area contributed by atoms with Gasteiger partial charge in [-0.05, 0) is 26.2 Å². The predicted octanol–water partition coefficient (Wildman–Crippen LogP) is 4.70. The molecular formula is C17H26N2OS. The third-order valence-electron chi connectivity index (χ3n) is 4.32. The summed E-state index contributed by atoms with van der Waals surface area (Å²) in [5.41, 5.74) is 3.05. The summed E-state index contributed by atoms with van der Waals surface area (Å²) in [6, 6.07) is 0. The second kappa shape index (κ2) is 7.21. The van der Waals surface area contributed by atoms with Crippen molar-refractivity contribution in [1.29, 1.82) is 0 Å². The summed E-state index contributed by atoms with van der Waals surface area (Å²) in [6.07, 6.45) is 6.74. The van der Waals surface area contributed by atoms with Crippen LogP contribution in [0.2, 0.25) is 0 Å². The van der Waals surface area contributed by atoms with Crippen LogP contribution in [0, 0.1) is 6.92 Å². The average molecular weight is 306 g/mol. The number of unbranched alkanes of at least 4 members (excludes halogenated alkanes) is 2. The maximum atomic E-state index is 12.7. The fourth-order valence-electron chi connectivity index (χ4n) is 3.00. The molecule has 0 aromatic carbocycles. The number of aromatic nitrogens is 2. The molecule has 2 rings (SSSR count). The number of aryl methyl sites for hydroxylation is 1. The highest BCUT2D eigenvalue weighted by atomic mass is 32.1. The van der Waals surface area contributed by atoms with Crippen LogP contribution in [0.5, 0.6) is 0 Å². The molecule has 2 heterocycles. The third-order valence-corrected chi connectivity index (χ3v) is 5.16. The lowest BCUT2D eigenvalue weighted by Crippen LogP contribution is -2.22. The van der Waals surface area contributed by atoms with E-state index in [1.54, 1.807) is 11.3 Å². The molecule has 0 saturated heterocycles. The van der Waals surface area contributed by atoms with E-state index in [4.69, 9.17) is 0 Å². The molecule has 0 amide bonds. The highest BCUT2D eigenvalue weighted by Gasteiger charge is 2.18. The molecule has 0 N–H and O–H groups in total.